The SMILES string of the molecule is CC(C)NC(=O)Nc1ccc(NC(=O)c2ccc(-c3ccc(F)cc3)o2)cc1. The van der Waals surface area contributed by atoms with Crippen LogP contribution in [0, 0.1) is 5.82 Å². The molecule has 7 heteroatoms. The van der Waals surface area contributed by atoms with Crippen molar-refractivity contribution in [1.82, 2.24) is 5.32 Å². The number of halogens is 1. The average molecular weight is 381 g/mol. The monoisotopic (exact) mass is 381 g/mol. The number of carbonyl (C=O) groups excluding carboxylic acids is 2. The lowest BCUT2D eigenvalue weighted by atomic mass is 10.2. The van der Waals surface area contributed by atoms with Crippen molar-refractivity contribution < 1.29 is 18.4 Å². The molecule has 0 aliphatic rings. The first-order valence-electron chi connectivity index (χ1n) is 8.75. The molecule has 0 aliphatic heterocycles. The van der Waals surface area contributed by atoms with Gasteiger partial charge in [0.15, 0.2) is 5.76 Å². The third kappa shape index (κ3) is 4.97. The zero-order valence-electron chi connectivity index (χ0n) is 15.5. The third-order valence-corrected chi connectivity index (χ3v) is 3.78. The molecule has 0 aliphatic carbocycles. The molecule has 0 bridgehead atoms. The predicted molar refractivity (Wildman–Crippen MR) is 106 cm³/mol. The average Bonchev–Trinajstić information content (AvgIpc) is 3.13. The van der Waals surface area contributed by atoms with Crippen LogP contribution < -0.4 is 16.0 Å². The molecule has 1 aromatic heterocycles. The Morgan fingerprint density at radius 2 is 1.46 bits per heavy atom. The van der Waals surface area contributed by atoms with E-state index in [1.807, 2.05) is 13.8 Å². The topological polar surface area (TPSA) is 83.4 Å². The van der Waals surface area contributed by atoms with Gasteiger partial charge in [-0.2, -0.15) is 0 Å². The van der Waals surface area contributed by atoms with Gasteiger partial charge in [0, 0.05) is 23.0 Å². The quantitative estimate of drug-likeness (QED) is 0.590. The lowest BCUT2D eigenvalue weighted by molar-refractivity contribution is 0.0997. The summed E-state index contributed by atoms with van der Waals surface area (Å²) in [6, 6.07) is 15.5. The summed E-state index contributed by atoms with van der Waals surface area (Å²) in [5.74, 6) is -0.141. The molecule has 1 heterocycles. The fourth-order valence-electron chi connectivity index (χ4n) is 2.49. The van der Waals surface area contributed by atoms with Gasteiger partial charge in [0.1, 0.15) is 11.6 Å². The number of hydrogen-bond donors (Lipinski definition) is 3. The lowest BCUT2D eigenvalue weighted by Crippen LogP contribution is -2.34. The summed E-state index contributed by atoms with van der Waals surface area (Å²) in [5.41, 5.74) is 1.84. The molecular weight excluding hydrogens is 361 g/mol. The highest BCUT2D eigenvalue weighted by Gasteiger charge is 2.13. The molecule has 0 unspecified atom stereocenters. The number of anilines is 2. The Hall–Kier alpha value is -3.61. The molecule has 3 amide bonds. The molecule has 28 heavy (non-hydrogen) atoms. The van der Waals surface area contributed by atoms with Crippen LogP contribution in [0.1, 0.15) is 24.4 Å². The second-order valence-corrected chi connectivity index (χ2v) is 6.46. The van der Waals surface area contributed by atoms with Crippen molar-refractivity contribution in [2.45, 2.75) is 19.9 Å². The van der Waals surface area contributed by atoms with Crippen LogP contribution in [0.15, 0.2) is 65.1 Å². The molecular formula is C21H20FN3O3. The van der Waals surface area contributed by atoms with E-state index in [4.69, 9.17) is 4.42 Å². The molecule has 0 saturated carbocycles. The van der Waals surface area contributed by atoms with Gasteiger partial charge in [0.2, 0.25) is 0 Å². The first-order valence-corrected chi connectivity index (χ1v) is 8.75. The van der Waals surface area contributed by atoms with Gasteiger partial charge in [-0.3, -0.25) is 4.79 Å². The van der Waals surface area contributed by atoms with Crippen molar-refractivity contribution in [3.8, 4) is 11.3 Å². The van der Waals surface area contributed by atoms with Crippen molar-refractivity contribution in [2.75, 3.05) is 10.6 Å². The van der Waals surface area contributed by atoms with E-state index >= 15 is 0 Å². The summed E-state index contributed by atoms with van der Waals surface area (Å²) in [4.78, 5) is 24.0. The van der Waals surface area contributed by atoms with Crippen LogP contribution in [0.25, 0.3) is 11.3 Å². The fourth-order valence-corrected chi connectivity index (χ4v) is 2.49. The van der Waals surface area contributed by atoms with Gasteiger partial charge in [0.05, 0.1) is 0 Å². The molecule has 3 aromatic rings. The number of benzene rings is 2. The van der Waals surface area contributed by atoms with Gasteiger partial charge in [-0.1, -0.05) is 0 Å². The van der Waals surface area contributed by atoms with E-state index < -0.39 is 5.91 Å². The van der Waals surface area contributed by atoms with Crippen LogP contribution >= 0.6 is 0 Å². The molecule has 3 N–H and O–H groups in total. The molecule has 2 aromatic carbocycles. The highest BCUT2D eigenvalue weighted by Crippen LogP contribution is 2.23. The maximum Gasteiger partial charge on any atom is 0.319 e. The molecule has 0 saturated heterocycles. The Labute approximate surface area is 161 Å². The van der Waals surface area contributed by atoms with E-state index in [2.05, 4.69) is 16.0 Å². The van der Waals surface area contributed by atoms with Crippen molar-refractivity contribution in [2.24, 2.45) is 0 Å². The number of amides is 3. The fraction of sp³-hybridized carbons (Fsp3) is 0.143. The summed E-state index contributed by atoms with van der Waals surface area (Å²) >= 11 is 0. The summed E-state index contributed by atoms with van der Waals surface area (Å²) in [7, 11) is 0. The van der Waals surface area contributed by atoms with E-state index in [9.17, 15) is 14.0 Å². The second kappa shape index (κ2) is 8.39. The molecule has 0 atom stereocenters. The second-order valence-electron chi connectivity index (χ2n) is 6.46. The lowest BCUT2D eigenvalue weighted by Gasteiger charge is -2.10. The largest absolute Gasteiger partial charge is 0.451 e. The van der Waals surface area contributed by atoms with E-state index in [1.54, 1.807) is 48.5 Å². The van der Waals surface area contributed by atoms with Crippen LogP contribution in [0.3, 0.4) is 0 Å². The van der Waals surface area contributed by atoms with Crippen LogP contribution in [-0.4, -0.2) is 18.0 Å². The number of urea groups is 1. The van der Waals surface area contributed by atoms with Crippen molar-refractivity contribution in [3.63, 3.8) is 0 Å². The number of hydrogen-bond acceptors (Lipinski definition) is 3. The third-order valence-electron chi connectivity index (χ3n) is 3.78. The minimum atomic E-state index is -0.411. The highest BCUT2D eigenvalue weighted by atomic mass is 19.1. The van der Waals surface area contributed by atoms with E-state index in [-0.39, 0.29) is 23.7 Å². The van der Waals surface area contributed by atoms with Crippen molar-refractivity contribution in [3.05, 3.63) is 72.2 Å². The molecule has 3 rings (SSSR count). The Balaban J connectivity index is 1.62. The van der Waals surface area contributed by atoms with Gasteiger partial charge >= 0.3 is 6.03 Å². The van der Waals surface area contributed by atoms with Crippen molar-refractivity contribution in [1.29, 1.82) is 0 Å². The Bertz CT molecular complexity index is 963. The van der Waals surface area contributed by atoms with Crippen LogP contribution in [-0.2, 0) is 0 Å². The molecule has 0 radical (unpaired) electrons. The highest BCUT2D eigenvalue weighted by molar-refractivity contribution is 6.02. The zero-order valence-corrected chi connectivity index (χ0v) is 15.5. The first kappa shape index (κ1) is 19.2. The van der Waals surface area contributed by atoms with Gasteiger partial charge in [-0.05, 0) is 74.5 Å². The normalized spacial score (nSPS) is 10.6. The summed E-state index contributed by atoms with van der Waals surface area (Å²) < 4.78 is 18.6. The molecule has 6 nitrogen and oxygen atoms in total. The Kier molecular flexibility index (Phi) is 5.74. The van der Waals surface area contributed by atoms with E-state index in [0.717, 1.165) is 0 Å². The Morgan fingerprint density at radius 1 is 0.857 bits per heavy atom. The zero-order chi connectivity index (χ0) is 20.1. The van der Waals surface area contributed by atoms with E-state index in [0.29, 0.717) is 22.7 Å². The number of furan rings is 1. The van der Waals surface area contributed by atoms with Gasteiger partial charge in [-0.15, -0.1) is 0 Å². The van der Waals surface area contributed by atoms with Gasteiger partial charge in [-0.25, -0.2) is 9.18 Å². The summed E-state index contributed by atoms with van der Waals surface area (Å²) in [5, 5.41) is 8.15. The predicted octanol–water partition coefficient (Wildman–Crippen LogP) is 4.87. The number of carbonyl (C=O) groups is 2. The maximum atomic E-state index is 13.0. The summed E-state index contributed by atoms with van der Waals surface area (Å²) in [6.07, 6.45) is 0. The first-order chi connectivity index (χ1) is 13.4. The molecule has 0 fully saturated rings. The number of nitrogens with one attached hydrogen (secondary N) is 3. The van der Waals surface area contributed by atoms with Gasteiger partial charge < -0.3 is 20.4 Å². The standard InChI is InChI=1S/C21H20FN3O3/c1-13(2)23-21(27)25-17-9-7-16(8-10-17)24-20(26)19-12-11-18(28-19)14-3-5-15(22)6-4-14/h3-13H,1-2H3,(H,24,26)(H2,23,25,27). The maximum absolute atomic E-state index is 13.0. The molecule has 144 valence electrons. The van der Waals surface area contributed by atoms with Crippen LogP contribution in [0.4, 0.5) is 20.6 Å². The minimum Gasteiger partial charge on any atom is -0.451 e. The van der Waals surface area contributed by atoms with Crippen LogP contribution in [0.2, 0.25) is 0 Å². The van der Waals surface area contributed by atoms with Gasteiger partial charge in [0.25, 0.3) is 5.91 Å². The Morgan fingerprint density at radius 3 is 2.07 bits per heavy atom. The summed E-state index contributed by atoms with van der Waals surface area (Å²) in [6.45, 7) is 3.74. The van der Waals surface area contributed by atoms with Crippen molar-refractivity contribution >= 4 is 23.3 Å². The number of rotatable bonds is 5. The smallest absolute Gasteiger partial charge is 0.319 e. The van der Waals surface area contributed by atoms with Crippen LogP contribution in [0.5, 0.6) is 0 Å². The van der Waals surface area contributed by atoms with E-state index in [1.165, 1.54) is 12.1 Å². The minimum absolute atomic E-state index is 0.0339. The molecule has 0 spiro atoms.